The highest BCUT2D eigenvalue weighted by molar-refractivity contribution is 7.22. The van der Waals surface area contributed by atoms with Crippen molar-refractivity contribution < 1.29 is 47.4 Å². The average Bonchev–Trinajstić information content (AvgIpc) is 3.69. The molecule has 0 aliphatic carbocycles. The number of carboxylic acids is 1. The van der Waals surface area contributed by atoms with Crippen LogP contribution in [0.4, 0.5) is 4.39 Å². The monoisotopic (exact) mass is 962 g/mol. The number of piperazine rings is 1. The van der Waals surface area contributed by atoms with Gasteiger partial charge < -0.3 is 43.2 Å². The Kier molecular flexibility index (Phi) is 15.0. The molecule has 0 saturated carbocycles. The summed E-state index contributed by atoms with van der Waals surface area (Å²) >= 11 is 15.9. The van der Waals surface area contributed by atoms with E-state index in [0.29, 0.717) is 78.0 Å². The lowest BCUT2D eigenvalue weighted by molar-refractivity contribution is -0.145. The Hall–Kier alpha value is -5.40. The second kappa shape index (κ2) is 21.1. The Bertz CT molecular complexity index is 2650. The van der Waals surface area contributed by atoms with E-state index >= 15 is 0 Å². The number of hydrogen-bond acceptors (Lipinski definition) is 15. The molecule has 1 saturated heterocycles. The Labute approximate surface area is 395 Å². The molecule has 1 fully saturated rings. The van der Waals surface area contributed by atoms with E-state index in [1.807, 2.05) is 13.8 Å². The van der Waals surface area contributed by atoms with Crippen LogP contribution in [-0.4, -0.2) is 133 Å². The lowest BCUT2D eigenvalue weighted by atomic mass is 9.92. The average molecular weight is 964 g/mol. The Morgan fingerprint density at radius 1 is 0.955 bits per heavy atom. The van der Waals surface area contributed by atoms with Gasteiger partial charge in [0.2, 0.25) is 12.0 Å². The minimum Gasteiger partial charge on any atom is -0.490 e. The minimum atomic E-state index is -1.49. The van der Waals surface area contributed by atoms with Gasteiger partial charge >= 0.3 is 12.0 Å². The third-order valence-electron chi connectivity index (χ3n) is 11.4. The zero-order chi connectivity index (χ0) is 46.5. The predicted octanol–water partition coefficient (Wildman–Crippen LogP) is 7.96. The first-order valence-electron chi connectivity index (χ1n) is 21.2. The summed E-state index contributed by atoms with van der Waals surface area (Å²) in [5.41, 5.74) is 4.19. The van der Waals surface area contributed by atoms with E-state index in [4.69, 9.17) is 56.4 Å². The maximum atomic E-state index is 14.4. The summed E-state index contributed by atoms with van der Waals surface area (Å²) in [5, 5.41) is 11.9. The molecule has 6 heterocycles. The molecule has 3 aromatic carbocycles. The molecular formula is C47H49Cl2FN6O9S. The van der Waals surface area contributed by atoms with Gasteiger partial charge in [-0.1, -0.05) is 35.3 Å². The van der Waals surface area contributed by atoms with Crippen molar-refractivity contribution in [3.63, 3.8) is 0 Å². The van der Waals surface area contributed by atoms with E-state index < -0.39 is 30.1 Å². The Balaban J connectivity index is 1.23. The number of methoxy groups -OCH3 is 2. The molecule has 0 unspecified atom stereocenters. The van der Waals surface area contributed by atoms with Crippen molar-refractivity contribution in [2.75, 3.05) is 73.8 Å². The molecule has 2 atom stereocenters. The largest absolute Gasteiger partial charge is 0.490 e. The van der Waals surface area contributed by atoms with Crippen LogP contribution in [0.1, 0.15) is 22.4 Å². The van der Waals surface area contributed by atoms with Crippen LogP contribution in [0.15, 0.2) is 61.1 Å². The molecule has 9 rings (SSSR count). The van der Waals surface area contributed by atoms with Crippen molar-refractivity contribution in [3.05, 3.63) is 99.3 Å². The normalized spacial score (nSPS) is 17.0. The number of likely N-dealkylation sites (N-methyl/N-ethyl adjacent to an activating group) is 1. The van der Waals surface area contributed by atoms with Gasteiger partial charge in [0.05, 0.1) is 34.3 Å². The van der Waals surface area contributed by atoms with Crippen molar-refractivity contribution >= 4 is 50.7 Å². The maximum absolute atomic E-state index is 14.4. The number of aliphatic carboxylic acids is 1. The summed E-state index contributed by atoms with van der Waals surface area (Å²) in [6, 6.07) is 13.1. The summed E-state index contributed by atoms with van der Waals surface area (Å²) in [5.74, 6) is -0.538. The SMILES string of the molecule is COCC(COC)Oc1nccc(COc2ccc3cc2C[C@H](C(=O)O)Oc2ncnc4sc(-c5ccc(F)cc5)c(c24)-c2c(C)c(Cl)c(c(Cl)c2C)O[C@H](CN2CCN(C)CC2)CO3)n1. The number of carbonyl (C=O) groups is 1. The van der Waals surface area contributed by atoms with E-state index in [0.717, 1.165) is 26.2 Å². The van der Waals surface area contributed by atoms with Crippen molar-refractivity contribution in [3.8, 4) is 50.7 Å². The molecule has 66 heavy (non-hydrogen) atoms. The molecule has 348 valence electrons. The number of benzene rings is 3. The van der Waals surface area contributed by atoms with E-state index in [1.54, 1.807) is 56.8 Å². The van der Waals surface area contributed by atoms with Crippen LogP contribution in [0.5, 0.6) is 29.1 Å². The summed E-state index contributed by atoms with van der Waals surface area (Å²) in [4.78, 5) is 37.0. The fraction of sp³-hybridized carbons (Fsp3) is 0.383. The molecule has 15 nitrogen and oxygen atoms in total. The highest BCUT2D eigenvalue weighted by Crippen LogP contribution is 2.53. The zero-order valence-corrected chi connectivity index (χ0v) is 39.3. The topological polar surface area (TPSA) is 160 Å². The van der Waals surface area contributed by atoms with Crippen LogP contribution in [0.3, 0.4) is 0 Å². The fourth-order valence-corrected chi connectivity index (χ4v) is 9.68. The number of ether oxygens (including phenoxy) is 7. The number of hydrogen-bond donors (Lipinski definition) is 1. The molecule has 1 N–H and O–H groups in total. The van der Waals surface area contributed by atoms with Crippen LogP contribution < -0.4 is 23.7 Å². The van der Waals surface area contributed by atoms with Crippen LogP contribution in [0.25, 0.3) is 31.8 Å². The van der Waals surface area contributed by atoms with E-state index in [9.17, 15) is 14.3 Å². The number of thiophene rings is 1. The molecule has 0 amide bonds. The number of fused-ring (bicyclic) bond motifs is 7. The molecule has 0 spiro atoms. The quantitative estimate of drug-likeness (QED) is 0.119. The van der Waals surface area contributed by atoms with Gasteiger partial charge in [0.25, 0.3) is 0 Å². The maximum Gasteiger partial charge on any atom is 0.345 e. The van der Waals surface area contributed by atoms with Gasteiger partial charge in [-0.25, -0.2) is 24.1 Å². The van der Waals surface area contributed by atoms with Crippen molar-refractivity contribution in [1.82, 2.24) is 29.7 Å². The summed E-state index contributed by atoms with van der Waals surface area (Å²) in [7, 11) is 5.22. The third kappa shape index (κ3) is 10.6. The number of carboxylic acid groups (broad SMARTS) is 1. The molecule has 6 aromatic rings. The van der Waals surface area contributed by atoms with E-state index in [1.165, 1.54) is 29.8 Å². The molecule has 3 aliphatic heterocycles. The molecule has 3 aromatic heterocycles. The van der Waals surface area contributed by atoms with E-state index in [2.05, 4.69) is 36.8 Å². The first-order valence-corrected chi connectivity index (χ1v) is 22.8. The first kappa shape index (κ1) is 47.1. The van der Waals surface area contributed by atoms with Gasteiger partial charge in [0, 0.05) is 75.6 Å². The minimum absolute atomic E-state index is 0.0126. The second-order valence-corrected chi connectivity index (χ2v) is 17.9. The molecule has 4 bridgehead atoms. The van der Waals surface area contributed by atoms with Crippen LogP contribution in [-0.2, 0) is 27.3 Å². The first-order chi connectivity index (χ1) is 31.9. The number of halogens is 3. The molecular weight excluding hydrogens is 915 g/mol. The predicted molar refractivity (Wildman–Crippen MR) is 248 cm³/mol. The lowest BCUT2D eigenvalue weighted by Gasteiger charge is -2.35. The molecule has 19 heteroatoms. The van der Waals surface area contributed by atoms with Gasteiger partial charge in [-0.15, -0.1) is 11.3 Å². The van der Waals surface area contributed by atoms with E-state index in [-0.39, 0.29) is 54.8 Å². The zero-order valence-electron chi connectivity index (χ0n) is 37.0. The summed E-state index contributed by atoms with van der Waals surface area (Å²) in [6.45, 7) is 8.29. The number of aromatic nitrogens is 4. The van der Waals surface area contributed by atoms with Crippen molar-refractivity contribution in [2.45, 2.75) is 45.2 Å². The molecule has 3 aliphatic rings. The van der Waals surface area contributed by atoms with Gasteiger partial charge in [0.15, 0.2) is 5.75 Å². The van der Waals surface area contributed by atoms with Crippen LogP contribution in [0, 0.1) is 19.7 Å². The van der Waals surface area contributed by atoms with Crippen LogP contribution in [0.2, 0.25) is 10.0 Å². The summed E-state index contributed by atoms with van der Waals surface area (Å²) in [6.07, 6.45) is 0.238. The Morgan fingerprint density at radius 2 is 1.68 bits per heavy atom. The number of rotatable bonds is 13. The Morgan fingerprint density at radius 3 is 2.38 bits per heavy atom. The van der Waals surface area contributed by atoms with Gasteiger partial charge in [0.1, 0.15) is 53.9 Å². The highest BCUT2D eigenvalue weighted by Gasteiger charge is 2.32. The fourth-order valence-electron chi connectivity index (χ4n) is 8.02. The van der Waals surface area contributed by atoms with Gasteiger partial charge in [-0.3, -0.25) is 4.90 Å². The smallest absolute Gasteiger partial charge is 0.345 e. The summed E-state index contributed by atoms with van der Waals surface area (Å²) < 4.78 is 56.9. The van der Waals surface area contributed by atoms with Crippen molar-refractivity contribution in [2.24, 2.45) is 0 Å². The lowest BCUT2D eigenvalue weighted by Crippen LogP contribution is -2.49. The van der Waals surface area contributed by atoms with Gasteiger partial charge in [-0.05, 0) is 79.5 Å². The van der Waals surface area contributed by atoms with Gasteiger partial charge in [-0.2, -0.15) is 4.98 Å². The molecule has 0 radical (unpaired) electrons. The van der Waals surface area contributed by atoms with Crippen molar-refractivity contribution in [1.29, 1.82) is 0 Å². The van der Waals surface area contributed by atoms with Crippen LogP contribution >= 0.6 is 34.5 Å². The third-order valence-corrected chi connectivity index (χ3v) is 13.5. The number of nitrogens with zero attached hydrogens (tertiary/aromatic N) is 6. The highest BCUT2D eigenvalue weighted by atomic mass is 35.5. The standard InChI is InChI=1S/C47H49Cl2FN6O9S/c1-26-37-27(2)41(49)42(40(26)48)63-33(20-56-16-14-55(3)15-17-56)24-61-32-10-11-35(62-21-31-12-13-51-47(54-31)64-34(22-59-4)23-60-5)29(18-32)19-36(46(57)58)65-44-39-38(37)43(66-45(39)53-25-52-44)28-6-8-30(50)9-7-28/h6-13,18,25,33-34,36H,14-17,19-24H2,1-5H3,(H,57,58)/t33-,36-/m1/s1. The second-order valence-electron chi connectivity index (χ2n) is 16.1.